The van der Waals surface area contributed by atoms with Gasteiger partial charge >= 0.3 is 0 Å². The zero-order chi connectivity index (χ0) is 8.39. The first-order chi connectivity index (χ1) is 5.88. The summed E-state index contributed by atoms with van der Waals surface area (Å²) in [5.41, 5.74) is 1.77. The van der Waals surface area contributed by atoms with E-state index in [9.17, 15) is 0 Å². The normalized spacial score (nSPS) is 10.1. The van der Waals surface area contributed by atoms with E-state index in [2.05, 4.69) is 16.4 Å². The number of aromatic nitrogens is 2. The van der Waals surface area contributed by atoms with Crippen LogP contribution >= 0.6 is 0 Å². The molecule has 12 heavy (non-hydrogen) atoms. The monoisotopic (exact) mass is 159 g/mol. The first kappa shape index (κ1) is 7.03. The predicted octanol–water partition coefficient (Wildman–Crippen LogP) is 1.85. The molecule has 0 bridgehead atoms. The maximum Gasteiger partial charge on any atom is 0.162 e. The number of aryl methyl sites for hydroxylation is 1. The summed E-state index contributed by atoms with van der Waals surface area (Å²) < 4.78 is 4.84. The SMILES string of the molecule is Cc1onnc1-c1c[c]ccc1. The van der Waals surface area contributed by atoms with Gasteiger partial charge in [-0.05, 0) is 19.1 Å². The molecule has 0 fully saturated rings. The number of benzene rings is 1. The lowest BCUT2D eigenvalue weighted by atomic mass is 10.1. The summed E-state index contributed by atoms with van der Waals surface area (Å²) in [6, 6.07) is 10.5. The highest BCUT2D eigenvalue weighted by Crippen LogP contribution is 2.18. The average molecular weight is 159 g/mol. The Kier molecular flexibility index (Phi) is 1.63. The second-order valence-corrected chi connectivity index (χ2v) is 2.47. The second-order valence-electron chi connectivity index (χ2n) is 2.47. The molecule has 1 aromatic heterocycles. The Bertz CT molecular complexity index is 367. The standard InChI is InChI=1S/C9H7N2O/c1-7-9(10-11-12-7)8-5-3-2-4-6-8/h2-3,5-6H,1H3. The van der Waals surface area contributed by atoms with Crippen molar-refractivity contribution in [3.8, 4) is 11.3 Å². The van der Waals surface area contributed by atoms with Crippen LogP contribution in [0.4, 0.5) is 0 Å². The zero-order valence-electron chi connectivity index (χ0n) is 6.61. The molecule has 1 heterocycles. The van der Waals surface area contributed by atoms with Crippen LogP contribution in [0.1, 0.15) is 5.76 Å². The Hall–Kier alpha value is -1.64. The molecule has 2 aromatic rings. The van der Waals surface area contributed by atoms with Crippen LogP contribution in [0.5, 0.6) is 0 Å². The highest BCUT2D eigenvalue weighted by atomic mass is 16.5. The van der Waals surface area contributed by atoms with E-state index in [0.717, 1.165) is 17.0 Å². The molecular formula is C9H7N2O. The molecule has 0 aliphatic heterocycles. The molecular weight excluding hydrogens is 152 g/mol. The van der Waals surface area contributed by atoms with Crippen LogP contribution in [-0.4, -0.2) is 10.4 Å². The lowest BCUT2D eigenvalue weighted by Gasteiger charge is -1.92. The fraction of sp³-hybridized carbons (Fsp3) is 0.111. The Morgan fingerprint density at radius 3 is 3.00 bits per heavy atom. The molecule has 1 aromatic carbocycles. The van der Waals surface area contributed by atoms with Gasteiger partial charge in [0.15, 0.2) is 5.76 Å². The predicted molar refractivity (Wildman–Crippen MR) is 43.3 cm³/mol. The summed E-state index contributed by atoms with van der Waals surface area (Å²) >= 11 is 0. The van der Waals surface area contributed by atoms with Gasteiger partial charge in [-0.3, -0.25) is 0 Å². The molecule has 0 saturated carbocycles. The van der Waals surface area contributed by atoms with E-state index in [1.807, 2.05) is 31.2 Å². The molecule has 3 nitrogen and oxygen atoms in total. The van der Waals surface area contributed by atoms with E-state index in [1.165, 1.54) is 0 Å². The first-order valence-corrected chi connectivity index (χ1v) is 3.63. The van der Waals surface area contributed by atoms with Gasteiger partial charge in [-0.25, -0.2) is 0 Å². The third-order valence-corrected chi connectivity index (χ3v) is 1.63. The molecule has 0 spiro atoms. The van der Waals surface area contributed by atoms with Crippen molar-refractivity contribution in [2.45, 2.75) is 6.92 Å². The highest BCUT2D eigenvalue weighted by Gasteiger charge is 2.05. The Balaban J connectivity index is 2.51. The summed E-state index contributed by atoms with van der Waals surface area (Å²) in [7, 11) is 0. The van der Waals surface area contributed by atoms with E-state index in [4.69, 9.17) is 4.52 Å². The van der Waals surface area contributed by atoms with Crippen LogP contribution in [0.2, 0.25) is 0 Å². The minimum absolute atomic E-state index is 0.731. The minimum atomic E-state index is 0.731. The summed E-state index contributed by atoms with van der Waals surface area (Å²) in [6.07, 6.45) is 0. The fourth-order valence-electron chi connectivity index (χ4n) is 1.04. The maximum absolute atomic E-state index is 4.84. The van der Waals surface area contributed by atoms with Crippen molar-refractivity contribution in [1.82, 2.24) is 10.4 Å². The van der Waals surface area contributed by atoms with Gasteiger partial charge in [-0.1, -0.05) is 18.2 Å². The largest absolute Gasteiger partial charge is 0.342 e. The van der Waals surface area contributed by atoms with E-state index in [0.29, 0.717) is 0 Å². The molecule has 0 aliphatic carbocycles. The van der Waals surface area contributed by atoms with Gasteiger partial charge in [0.05, 0.1) is 0 Å². The van der Waals surface area contributed by atoms with E-state index in [1.54, 1.807) is 0 Å². The van der Waals surface area contributed by atoms with Gasteiger partial charge in [0, 0.05) is 10.8 Å². The summed E-state index contributed by atoms with van der Waals surface area (Å²) in [6.45, 7) is 1.84. The van der Waals surface area contributed by atoms with E-state index >= 15 is 0 Å². The maximum atomic E-state index is 4.84. The van der Waals surface area contributed by atoms with E-state index in [-0.39, 0.29) is 0 Å². The Morgan fingerprint density at radius 1 is 1.50 bits per heavy atom. The van der Waals surface area contributed by atoms with Gasteiger partial charge in [0.1, 0.15) is 5.69 Å². The van der Waals surface area contributed by atoms with Crippen molar-refractivity contribution >= 4 is 0 Å². The molecule has 0 saturated heterocycles. The van der Waals surface area contributed by atoms with Crippen LogP contribution in [0.15, 0.2) is 28.8 Å². The lowest BCUT2D eigenvalue weighted by Crippen LogP contribution is -1.79. The molecule has 0 N–H and O–H groups in total. The average Bonchev–Trinajstić information content (AvgIpc) is 2.53. The molecule has 2 rings (SSSR count). The number of hydrogen-bond acceptors (Lipinski definition) is 3. The number of hydrogen-bond donors (Lipinski definition) is 0. The molecule has 0 atom stereocenters. The smallest absolute Gasteiger partial charge is 0.162 e. The molecule has 59 valence electrons. The van der Waals surface area contributed by atoms with Crippen LogP contribution in [0.25, 0.3) is 11.3 Å². The van der Waals surface area contributed by atoms with Gasteiger partial charge < -0.3 is 4.52 Å². The van der Waals surface area contributed by atoms with Gasteiger partial charge in [0.2, 0.25) is 0 Å². The van der Waals surface area contributed by atoms with Crippen LogP contribution in [0.3, 0.4) is 0 Å². The Morgan fingerprint density at radius 2 is 2.42 bits per heavy atom. The lowest BCUT2D eigenvalue weighted by molar-refractivity contribution is 0.374. The van der Waals surface area contributed by atoms with Crippen LogP contribution < -0.4 is 0 Å². The summed E-state index contributed by atoms with van der Waals surface area (Å²) in [5.74, 6) is 0.731. The number of rotatable bonds is 1. The van der Waals surface area contributed by atoms with E-state index < -0.39 is 0 Å². The van der Waals surface area contributed by atoms with Crippen molar-refractivity contribution in [2.24, 2.45) is 0 Å². The van der Waals surface area contributed by atoms with Gasteiger partial charge in [-0.2, -0.15) is 0 Å². The molecule has 0 unspecified atom stereocenters. The Labute approximate surface area is 70.0 Å². The number of nitrogens with zero attached hydrogens (tertiary/aromatic N) is 2. The summed E-state index contributed by atoms with van der Waals surface area (Å²) in [4.78, 5) is 0. The summed E-state index contributed by atoms with van der Waals surface area (Å²) in [5, 5.41) is 7.31. The van der Waals surface area contributed by atoms with Crippen LogP contribution in [-0.2, 0) is 0 Å². The quantitative estimate of drug-likeness (QED) is 0.637. The van der Waals surface area contributed by atoms with Crippen molar-refractivity contribution in [2.75, 3.05) is 0 Å². The highest BCUT2D eigenvalue weighted by molar-refractivity contribution is 5.59. The fourth-order valence-corrected chi connectivity index (χ4v) is 1.04. The third-order valence-electron chi connectivity index (χ3n) is 1.63. The van der Waals surface area contributed by atoms with Crippen molar-refractivity contribution < 1.29 is 4.52 Å². The zero-order valence-corrected chi connectivity index (χ0v) is 6.61. The molecule has 0 aliphatic rings. The third kappa shape index (κ3) is 1.09. The van der Waals surface area contributed by atoms with Crippen molar-refractivity contribution in [1.29, 1.82) is 0 Å². The minimum Gasteiger partial charge on any atom is -0.342 e. The van der Waals surface area contributed by atoms with Gasteiger partial charge in [-0.15, -0.1) is 5.10 Å². The molecule has 1 radical (unpaired) electrons. The topological polar surface area (TPSA) is 38.9 Å². The molecule has 0 amide bonds. The first-order valence-electron chi connectivity index (χ1n) is 3.63. The van der Waals surface area contributed by atoms with Crippen molar-refractivity contribution in [3.05, 3.63) is 36.1 Å². The molecule has 3 heteroatoms. The second kappa shape index (κ2) is 2.77. The van der Waals surface area contributed by atoms with Crippen LogP contribution in [0, 0.1) is 13.0 Å². The van der Waals surface area contributed by atoms with Gasteiger partial charge in [0.25, 0.3) is 0 Å². The van der Waals surface area contributed by atoms with Crippen molar-refractivity contribution in [3.63, 3.8) is 0 Å².